The summed E-state index contributed by atoms with van der Waals surface area (Å²) in [6.45, 7) is 0. The molecule has 2 aromatic heterocycles. The molecule has 2 nitrogen and oxygen atoms in total. The van der Waals surface area contributed by atoms with Gasteiger partial charge in [-0.1, -0.05) is 91.0 Å². The average Bonchev–Trinajstić information content (AvgIpc) is 3.64. The smallest absolute Gasteiger partial charge is 0.137 e. The molecule has 0 aliphatic heterocycles. The molecule has 2 heterocycles. The van der Waals surface area contributed by atoms with Crippen molar-refractivity contribution >= 4 is 81.3 Å². The normalized spacial score (nSPS) is 11.7. The Labute approximate surface area is 252 Å². The molecule has 0 spiro atoms. The number of furan rings is 1. The topological polar surface area (TPSA) is 16.4 Å². The molecule has 9 aromatic rings. The van der Waals surface area contributed by atoms with Crippen LogP contribution in [-0.2, 0) is 0 Å². The number of anilines is 3. The summed E-state index contributed by atoms with van der Waals surface area (Å²) in [6, 6.07) is 54.2. The first kappa shape index (κ1) is 24.2. The Balaban J connectivity index is 1.17. The minimum absolute atomic E-state index is 0.888. The number of hydrogen-bond acceptors (Lipinski definition) is 3. The number of hydrogen-bond donors (Lipinski definition) is 0. The van der Waals surface area contributed by atoms with Crippen LogP contribution < -0.4 is 4.90 Å². The predicted molar refractivity (Wildman–Crippen MR) is 184 cm³/mol. The molecule has 3 heteroatoms. The molecule has 0 atom stereocenters. The van der Waals surface area contributed by atoms with Gasteiger partial charge in [-0.25, -0.2) is 0 Å². The molecule has 0 fully saturated rings. The van der Waals surface area contributed by atoms with E-state index in [0.717, 1.165) is 39.0 Å². The fraction of sp³-hybridized carbons (Fsp3) is 0. The minimum Gasteiger partial charge on any atom is -0.456 e. The number of benzene rings is 7. The van der Waals surface area contributed by atoms with Crippen molar-refractivity contribution in [2.24, 2.45) is 0 Å². The Morgan fingerprint density at radius 2 is 1.09 bits per heavy atom. The SMILES string of the molecule is c1ccc(N(c2ccc(-c3cccc4c3ccc3sc5ccccc5c34)cc2)c2ccc3c(c2)oc2ccccc23)cc1. The van der Waals surface area contributed by atoms with Gasteiger partial charge < -0.3 is 9.32 Å². The van der Waals surface area contributed by atoms with E-state index in [9.17, 15) is 0 Å². The lowest BCUT2D eigenvalue weighted by atomic mass is 9.95. The van der Waals surface area contributed by atoms with Crippen LogP contribution in [0.1, 0.15) is 0 Å². The molecule has 7 aromatic carbocycles. The number of rotatable bonds is 4. The first-order valence-corrected chi connectivity index (χ1v) is 15.3. The lowest BCUT2D eigenvalue weighted by Gasteiger charge is -2.25. The lowest BCUT2D eigenvalue weighted by molar-refractivity contribution is 0.669. The van der Waals surface area contributed by atoms with Crippen molar-refractivity contribution in [3.05, 3.63) is 152 Å². The quantitative estimate of drug-likeness (QED) is 0.210. The van der Waals surface area contributed by atoms with Crippen LogP contribution >= 0.6 is 11.3 Å². The zero-order chi connectivity index (χ0) is 28.3. The van der Waals surface area contributed by atoms with Gasteiger partial charge in [-0.3, -0.25) is 0 Å². The van der Waals surface area contributed by atoms with Crippen molar-refractivity contribution in [2.75, 3.05) is 4.90 Å². The van der Waals surface area contributed by atoms with Gasteiger partial charge in [0.2, 0.25) is 0 Å². The van der Waals surface area contributed by atoms with Gasteiger partial charge in [0, 0.05) is 54.1 Å². The van der Waals surface area contributed by atoms with E-state index in [1.807, 2.05) is 23.5 Å². The second-order valence-corrected chi connectivity index (χ2v) is 12.0. The zero-order valence-electron chi connectivity index (χ0n) is 23.2. The third kappa shape index (κ3) is 3.86. The van der Waals surface area contributed by atoms with Gasteiger partial charge in [-0.05, 0) is 76.5 Å². The summed E-state index contributed by atoms with van der Waals surface area (Å²) in [5, 5.41) is 7.55. The summed E-state index contributed by atoms with van der Waals surface area (Å²) in [6.07, 6.45) is 0. The molecular formula is C40H25NOS. The first-order chi connectivity index (χ1) is 21.3. The molecule has 43 heavy (non-hydrogen) atoms. The average molecular weight is 568 g/mol. The summed E-state index contributed by atoms with van der Waals surface area (Å²) >= 11 is 1.87. The van der Waals surface area contributed by atoms with Crippen molar-refractivity contribution in [2.45, 2.75) is 0 Å². The maximum Gasteiger partial charge on any atom is 0.137 e. The number of thiophene rings is 1. The molecule has 0 saturated carbocycles. The fourth-order valence-corrected chi connectivity index (χ4v) is 7.62. The molecule has 0 unspecified atom stereocenters. The maximum atomic E-state index is 6.26. The third-order valence-corrected chi connectivity index (χ3v) is 9.61. The minimum atomic E-state index is 0.888. The van der Waals surface area contributed by atoms with Gasteiger partial charge in [0.05, 0.1) is 0 Å². The highest BCUT2D eigenvalue weighted by Gasteiger charge is 2.16. The van der Waals surface area contributed by atoms with Gasteiger partial charge in [0.1, 0.15) is 11.2 Å². The Hall–Kier alpha value is -5.38. The molecule has 0 N–H and O–H groups in total. The summed E-state index contributed by atoms with van der Waals surface area (Å²) in [5.74, 6) is 0. The van der Waals surface area contributed by atoms with E-state index in [-0.39, 0.29) is 0 Å². The lowest BCUT2D eigenvalue weighted by Crippen LogP contribution is -2.09. The standard InChI is InChI=1S/C40H25NOS/c1-2-9-27(10-3-1)41(29-21-22-33-32-11-4-6-15-36(32)42-37(33)25-29)28-19-17-26(18-20-28)30-13-8-14-34-31(30)23-24-39-40(34)35-12-5-7-16-38(35)43-39/h1-25H. The third-order valence-electron chi connectivity index (χ3n) is 8.47. The molecular weight excluding hydrogens is 543 g/mol. The molecule has 0 radical (unpaired) electrons. The predicted octanol–water partition coefficient (Wildman–Crippen LogP) is 12.2. The van der Waals surface area contributed by atoms with Gasteiger partial charge in [-0.2, -0.15) is 0 Å². The Morgan fingerprint density at radius 3 is 1.98 bits per heavy atom. The summed E-state index contributed by atoms with van der Waals surface area (Å²) in [7, 11) is 0. The maximum absolute atomic E-state index is 6.26. The highest BCUT2D eigenvalue weighted by Crippen LogP contribution is 2.42. The highest BCUT2D eigenvalue weighted by atomic mass is 32.1. The van der Waals surface area contributed by atoms with Crippen LogP contribution in [0.25, 0.3) is 64.0 Å². The fourth-order valence-electron chi connectivity index (χ4n) is 6.50. The van der Waals surface area contributed by atoms with E-state index in [1.54, 1.807) is 0 Å². The van der Waals surface area contributed by atoms with Gasteiger partial charge in [-0.15, -0.1) is 11.3 Å². The molecule has 0 aliphatic rings. The van der Waals surface area contributed by atoms with Gasteiger partial charge >= 0.3 is 0 Å². The highest BCUT2D eigenvalue weighted by molar-refractivity contribution is 7.26. The summed E-state index contributed by atoms with van der Waals surface area (Å²) in [4.78, 5) is 2.29. The Bertz CT molecular complexity index is 2450. The van der Waals surface area contributed by atoms with E-state index in [1.165, 1.54) is 42.1 Å². The van der Waals surface area contributed by atoms with Crippen LogP contribution in [0.15, 0.2) is 156 Å². The molecule has 0 bridgehead atoms. The van der Waals surface area contributed by atoms with Crippen molar-refractivity contribution < 1.29 is 4.42 Å². The summed E-state index contributed by atoms with van der Waals surface area (Å²) in [5.41, 5.74) is 7.50. The van der Waals surface area contributed by atoms with Crippen LogP contribution in [0.5, 0.6) is 0 Å². The van der Waals surface area contributed by atoms with Crippen molar-refractivity contribution in [3.63, 3.8) is 0 Å². The van der Waals surface area contributed by atoms with Crippen LogP contribution in [0.2, 0.25) is 0 Å². The molecule has 9 rings (SSSR count). The number of nitrogens with zero attached hydrogens (tertiary/aromatic N) is 1. The van der Waals surface area contributed by atoms with Crippen molar-refractivity contribution in [1.29, 1.82) is 0 Å². The van der Waals surface area contributed by atoms with Gasteiger partial charge in [0.15, 0.2) is 0 Å². The van der Waals surface area contributed by atoms with E-state index < -0.39 is 0 Å². The van der Waals surface area contributed by atoms with Gasteiger partial charge in [0.25, 0.3) is 0 Å². The van der Waals surface area contributed by atoms with E-state index >= 15 is 0 Å². The second-order valence-electron chi connectivity index (χ2n) is 10.9. The van der Waals surface area contributed by atoms with Crippen LogP contribution in [0, 0.1) is 0 Å². The zero-order valence-corrected chi connectivity index (χ0v) is 24.0. The van der Waals surface area contributed by atoms with Crippen molar-refractivity contribution in [3.8, 4) is 11.1 Å². The van der Waals surface area contributed by atoms with E-state index in [4.69, 9.17) is 4.42 Å². The monoisotopic (exact) mass is 567 g/mol. The Kier molecular flexibility index (Phi) is 5.40. The second kappa shape index (κ2) is 9.59. The van der Waals surface area contributed by atoms with Crippen molar-refractivity contribution in [1.82, 2.24) is 0 Å². The molecule has 202 valence electrons. The molecule has 0 amide bonds. The number of para-hydroxylation sites is 2. The first-order valence-electron chi connectivity index (χ1n) is 14.5. The largest absolute Gasteiger partial charge is 0.456 e. The summed E-state index contributed by atoms with van der Waals surface area (Å²) < 4.78 is 8.93. The Morgan fingerprint density at radius 1 is 0.419 bits per heavy atom. The molecule has 0 aliphatic carbocycles. The van der Waals surface area contributed by atoms with Crippen LogP contribution in [0.3, 0.4) is 0 Å². The van der Waals surface area contributed by atoms with Crippen LogP contribution in [-0.4, -0.2) is 0 Å². The molecule has 0 saturated heterocycles. The van der Waals surface area contributed by atoms with E-state index in [0.29, 0.717) is 0 Å². The van der Waals surface area contributed by atoms with E-state index in [2.05, 4.69) is 144 Å². The van der Waals surface area contributed by atoms with Crippen LogP contribution in [0.4, 0.5) is 17.1 Å². The number of fused-ring (bicyclic) bond motifs is 8.